The number of halogens is 1. The topological polar surface area (TPSA) is 74.0 Å². The number of fused-ring (bicyclic) bond motifs is 1. The molecule has 1 aliphatic heterocycles. The van der Waals surface area contributed by atoms with Crippen molar-refractivity contribution < 1.29 is 4.79 Å². The zero-order valence-electron chi connectivity index (χ0n) is 12.8. The first kappa shape index (κ1) is 16.2. The van der Waals surface area contributed by atoms with Crippen LogP contribution in [0.2, 0.25) is 0 Å². The second-order valence-corrected chi connectivity index (χ2v) is 6.91. The van der Waals surface area contributed by atoms with Crippen LogP contribution < -0.4 is 16.2 Å². The molecule has 1 saturated heterocycles. The third-order valence-corrected chi connectivity index (χ3v) is 4.78. The van der Waals surface area contributed by atoms with Gasteiger partial charge in [-0.25, -0.2) is 0 Å². The molecule has 5 nitrogen and oxygen atoms in total. The molecule has 0 aliphatic carbocycles. The maximum absolute atomic E-state index is 12.5. The van der Waals surface area contributed by atoms with Gasteiger partial charge in [0.2, 0.25) is 5.56 Å². The van der Waals surface area contributed by atoms with E-state index in [0.29, 0.717) is 23.5 Å². The first-order valence-corrected chi connectivity index (χ1v) is 8.74. The molecule has 3 rings (SSSR count). The van der Waals surface area contributed by atoms with Gasteiger partial charge in [0.1, 0.15) is 0 Å². The number of aromatic nitrogens is 1. The summed E-state index contributed by atoms with van der Waals surface area (Å²) in [6.45, 7) is 2.75. The van der Waals surface area contributed by atoms with Crippen molar-refractivity contribution >= 4 is 32.7 Å². The molecule has 0 spiro atoms. The average molecular weight is 378 g/mol. The zero-order valence-corrected chi connectivity index (χ0v) is 14.4. The van der Waals surface area contributed by atoms with Crippen molar-refractivity contribution in [3.05, 3.63) is 44.7 Å². The van der Waals surface area contributed by atoms with Crippen LogP contribution in [-0.2, 0) is 0 Å². The molecule has 2 heterocycles. The minimum atomic E-state index is -0.263. The summed E-state index contributed by atoms with van der Waals surface area (Å²) in [5.41, 5.74) is 0.829. The molecular weight excluding hydrogens is 358 g/mol. The molecule has 2 aromatic rings. The molecule has 1 atom stereocenters. The smallest absolute Gasteiger partial charge is 0.252 e. The van der Waals surface area contributed by atoms with E-state index in [9.17, 15) is 9.59 Å². The van der Waals surface area contributed by atoms with Gasteiger partial charge in [-0.15, -0.1) is 0 Å². The molecule has 1 aromatic carbocycles. The monoisotopic (exact) mass is 377 g/mol. The summed E-state index contributed by atoms with van der Waals surface area (Å²) < 4.78 is 0.874. The van der Waals surface area contributed by atoms with Crippen molar-refractivity contribution in [3.8, 4) is 0 Å². The highest BCUT2D eigenvalue weighted by Gasteiger charge is 2.15. The Kier molecular flexibility index (Phi) is 5.13. The van der Waals surface area contributed by atoms with Gasteiger partial charge in [0.25, 0.3) is 5.91 Å². The maximum Gasteiger partial charge on any atom is 0.252 e. The molecule has 1 aliphatic rings. The van der Waals surface area contributed by atoms with Gasteiger partial charge in [-0.05, 0) is 56.5 Å². The maximum atomic E-state index is 12.5. The fourth-order valence-corrected chi connectivity index (χ4v) is 3.43. The molecule has 3 N–H and O–H groups in total. The fourth-order valence-electron chi connectivity index (χ4n) is 3.07. The number of piperidine rings is 1. The first-order chi connectivity index (χ1) is 11.1. The Bertz CT molecular complexity index is 766. The summed E-state index contributed by atoms with van der Waals surface area (Å²) in [5, 5.41) is 7.08. The van der Waals surface area contributed by atoms with Gasteiger partial charge >= 0.3 is 0 Å². The number of hydrogen-bond acceptors (Lipinski definition) is 3. The van der Waals surface area contributed by atoms with Crippen molar-refractivity contribution in [1.82, 2.24) is 15.6 Å². The van der Waals surface area contributed by atoms with Crippen LogP contribution in [0.5, 0.6) is 0 Å². The predicted molar refractivity (Wildman–Crippen MR) is 94.8 cm³/mol. The molecule has 1 fully saturated rings. The number of amides is 1. The van der Waals surface area contributed by atoms with E-state index in [2.05, 4.69) is 31.5 Å². The summed E-state index contributed by atoms with van der Waals surface area (Å²) >= 11 is 3.41. The second-order valence-electron chi connectivity index (χ2n) is 5.99. The normalized spacial score (nSPS) is 18.0. The number of pyridine rings is 1. The van der Waals surface area contributed by atoms with Crippen molar-refractivity contribution in [1.29, 1.82) is 0 Å². The van der Waals surface area contributed by atoms with E-state index in [1.807, 2.05) is 12.1 Å². The third-order valence-electron chi connectivity index (χ3n) is 4.29. The second kappa shape index (κ2) is 7.27. The Labute approximate surface area is 143 Å². The van der Waals surface area contributed by atoms with Gasteiger partial charge in [0.15, 0.2) is 0 Å². The highest BCUT2D eigenvalue weighted by atomic mass is 79.9. The highest BCUT2D eigenvalue weighted by Crippen LogP contribution is 2.20. The SMILES string of the molecule is O=C(NCCC1CCCNC1)c1cc(=O)[nH]c2ccc(Br)cc12. The van der Waals surface area contributed by atoms with Crippen molar-refractivity contribution in [2.45, 2.75) is 19.3 Å². The van der Waals surface area contributed by atoms with Crippen LogP contribution in [0.4, 0.5) is 0 Å². The Hall–Kier alpha value is -1.66. The lowest BCUT2D eigenvalue weighted by Gasteiger charge is -2.22. The molecule has 0 saturated carbocycles. The number of carbonyl (C=O) groups excluding carboxylic acids is 1. The molecule has 122 valence electrons. The zero-order chi connectivity index (χ0) is 16.2. The van der Waals surface area contributed by atoms with E-state index < -0.39 is 0 Å². The molecule has 1 unspecified atom stereocenters. The van der Waals surface area contributed by atoms with Crippen LogP contribution in [-0.4, -0.2) is 30.5 Å². The average Bonchev–Trinajstić information content (AvgIpc) is 2.55. The Morgan fingerprint density at radius 3 is 3.00 bits per heavy atom. The summed E-state index contributed by atoms with van der Waals surface area (Å²) in [7, 11) is 0. The van der Waals surface area contributed by atoms with Crippen molar-refractivity contribution in [2.24, 2.45) is 5.92 Å². The summed E-state index contributed by atoms with van der Waals surface area (Å²) in [4.78, 5) is 27.0. The number of nitrogens with one attached hydrogen (secondary N) is 3. The van der Waals surface area contributed by atoms with Gasteiger partial charge in [-0.2, -0.15) is 0 Å². The standard InChI is InChI=1S/C17H20BrN3O2/c18-12-3-4-15-13(8-12)14(9-16(22)21-15)17(23)20-7-5-11-2-1-6-19-10-11/h3-4,8-9,11,19H,1-2,5-7,10H2,(H,20,23)(H,21,22). The van der Waals surface area contributed by atoms with E-state index in [1.54, 1.807) is 6.07 Å². The Morgan fingerprint density at radius 2 is 2.22 bits per heavy atom. The summed E-state index contributed by atoms with van der Waals surface area (Å²) in [6.07, 6.45) is 3.37. The van der Waals surface area contributed by atoms with Gasteiger partial charge in [-0.3, -0.25) is 9.59 Å². The van der Waals surface area contributed by atoms with E-state index in [0.717, 1.165) is 29.4 Å². The van der Waals surface area contributed by atoms with E-state index in [4.69, 9.17) is 0 Å². The van der Waals surface area contributed by atoms with Crippen LogP contribution >= 0.6 is 15.9 Å². The van der Waals surface area contributed by atoms with Crippen molar-refractivity contribution in [2.75, 3.05) is 19.6 Å². The number of aromatic amines is 1. The number of rotatable bonds is 4. The lowest BCUT2D eigenvalue weighted by Crippen LogP contribution is -2.33. The largest absolute Gasteiger partial charge is 0.352 e. The summed E-state index contributed by atoms with van der Waals surface area (Å²) in [6, 6.07) is 6.86. The number of hydrogen-bond donors (Lipinski definition) is 3. The van der Waals surface area contributed by atoms with Crippen LogP contribution in [0.15, 0.2) is 33.5 Å². The van der Waals surface area contributed by atoms with Gasteiger partial charge in [0.05, 0.1) is 5.56 Å². The third kappa shape index (κ3) is 4.00. The minimum absolute atomic E-state index is 0.192. The lowest BCUT2D eigenvalue weighted by atomic mass is 9.96. The Morgan fingerprint density at radius 1 is 1.35 bits per heavy atom. The molecule has 0 bridgehead atoms. The first-order valence-electron chi connectivity index (χ1n) is 7.95. The molecule has 1 aromatic heterocycles. The molecule has 0 radical (unpaired) electrons. The number of benzene rings is 1. The van der Waals surface area contributed by atoms with Crippen LogP contribution in [0, 0.1) is 5.92 Å². The van der Waals surface area contributed by atoms with E-state index >= 15 is 0 Å². The van der Waals surface area contributed by atoms with Crippen LogP contribution in [0.1, 0.15) is 29.6 Å². The fraction of sp³-hybridized carbons (Fsp3) is 0.412. The number of carbonyl (C=O) groups is 1. The summed E-state index contributed by atoms with van der Waals surface area (Å²) in [5.74, 6) is 0.428. The van der Waals surface area contributed by atoms with Gasteiger partial charge < -0.3 is 15.6 Å². The van der Waals surface area contributed by atoms with Crippen LogP contribution in [0.3, 0.4) is 0 Å². The lowest BCUT2D eigenvalue weighted by molar-refractivity contribution is 0.0952. The Balaban J connectivity index is 1.72. The molecule has 23 heavy (non-hydrogen) atoms. The van der Waals surface area contributed by atoms with Crippen LogP contribution in [0.25, 0.3) is 10.9 Å². The van der Waals surface area contributed by atoms with E-state index in [-0.39, 0.29) is 11.5 Å². The van der Waals surface area contributed by atoms with Gasteiger partial charge in [0, 0.05) is 28.0 Å². The van der Waals surface area contributed by atoms with E-state index in [1.165, 1.54) is 18.9 Å². The molecule has 6 heteroatoms. The number of H-pyrrole nitrogens is 1. The van der Waals surface area contributed by atoms with Crippen molar-refractivity contribution in [3.63, 3.8) is 0 Å². The minimum Gasteiger partial charge on any atom is -0.352 e. The predicted octanol–water partition coefficient (Wildman–Crippen LogP) is 2.41. The molecule has 1 amide bonds. The molecular formula is C17H20BrN3O2. The highest BCUT2D eigenvalue weighted by molar-refractivity contribution is 9.10. The van der Waals surface area contributed by atoms with Gasteiger partial charge in [-0.1, -0.05) is 15.9 Å². The quantitative estimate of drug-likeness (QED) is 0.765.